The Morgan fingerprint density at radius 2 is 2.07 bits per heavy atom. The van der Waals surface area contributed by atoms with E-state index in [0.29, 0.717) is 13.1 Å². The molecule has 76 valence electrons. The van der Waals surface area contributed by atoms with Crippen LogP contribution in [0.5, 0.6) is 0 Å². The molecule has 0 aliphatic heterocycles. The summed E-state index contributed by atoms with van der Waals surface area (Å²) in [5.74, 6) is 0. The summed E-state index contributed by atoms with van der Waals surface area (Å²) in [5, 5.41) is 9.76. The van der Waals surface area contributed by atoms with Crippen LogP contribution in [0.15, 0.2) is 30.3 Å². The minimum Gasteiger partial charge on any atom is -0.387 e. The molecule has 1 aromatic carbocycles. The molecule has 3 nitrogen and oxygen atoms in total. The van der Waals surface area contributed by atoms with Gasteiger partial charge >= 0.3 is 0 Å². The summed E-state index contributed by atoms with van der Waals surface area (Å²) in [6, 6.07) is 9.43. The molecule has 0 spiro atoms. The van der Waals surface area contributed by atoms with Crippen LogP contribution in [-0.2, 0) is 4.79 Å². The van der Waals surface area contributed by atoms with E-state index in [1.165, 1.54) is 0 Å². The molecule has 1 rings (SSSR count). The number of nitrogens with zero attached hydrogens (tertiary/aromatic N) is 1. The number of aliphatic hydroxyl groups excluding tert-OH is 1. The van der Waals surface area contributed by atoms with Crippen LogP contribution in [0.2, 0.25) is 0 Å². The lowest BCUT2D eigenvalue weighted by Gasteiger charge is -2.18. The Morgan fingerprint density at radius 1 is 1.43 bits per heavy atom. The third-order valence-electron chi connectivity index (χ3n) is 2.06. The SMILES string of the molecule is CN(CC=O)CC(O)c1ccccc1. The Hall–Kier alpha value is -1.19. The zero-order valence-corrected chi connectivity index (χ0v) is 8.26. The van der Waals surface area contributed by atoms with Gasteiger partial charge in [0.15, 0.2) is 0 Å². The number of aliphatic hydroxyl groups is 1. The van der Waals surface area contributed by atoms with E-state index in [2.05, 4.69) is 0 Å². The zero-order chi connectivity index (χ0) is 10.4. The quantitative estimate of drug-likeness (QED) is 0.705. The third-order valence-corrected chi connectivity index (χ3v) is 2.06. The molecule has 1 N–H and O–H groups in total. The highest BCUT2D eigenvalue weighted by Crippen LogP contribution is 2.12. The third kappa shape index (κ3) is 3.28. The molecule has 0 bridgehead atoms. The molecule has 0 aromatic heterocycles. The van der Waals surface area contributed by atoms with Crippen LogP contribution >= 0.6 is 0 Å². The second-order valence-electron chi connectivity index (χ2n) is 3.31. The topological polar surface area (TPSA) is 40.5 Å². The minimum atomic E-state index is -0.527. The Balaban J connectivity index is 2.50. The summed E-state index contributed by atoms with van der Waals surface area (Å²) in [6.45, 7) is 0.826. The standard InChI is InChI=1S/C11H15NO2/c1-12(7-8-13)9-11(14)10-5-3-2-4-6-10/h2-6,8,11,14H,7,9H2,1H3. The predicted octanol–water partition coefficient (Wildman–Crippen LogP) is 0.851. The molecule has 0 saturated carbocycles. The van der Waals surface area contributed by atoms with Crippen LogP contribution < -0.4 is 0 Å². The maximum atomic E-state index is 10.2. The van der Waals surface area contributed by atoms with E-state index in [-0.39, 0.29) is 0 Å². The fourth-order valence-electron chi connectivity index (χ4n) is 1.28. The average Bonchev–Trinajstić information content (AvgIpc) is 2.19. The summed E-state index contributed by atoms with van der Waals surface area (Å²) in [6.07, 6.45) is 0.304. The summed E-state index contributed by atoms with van der Waals surface area (Å²) in [4.78, 5) is 12.0. The molecule has 1 atom stereocenters. The van der Waals surface area contributed by atoms with Gasteiger partial charge in [-0.2, -0.15) is 0 Å². The van der Waals surface area contributed by atoms with E-state index in [1.807, 2.05) is 30.3 Å². The van der Waals surface area contributed by atoms with Gasteiger partial charge in [0.2, 0.25) is 0 Å². The van der Waals surface area contributed by atoms with E-state index >= 15 is 0 Å². The van der Waals surface area contributed by atoms with Gasteiger partial charge in [0.05, 0.1) is 12.6 Å². The Morgan fingerprint density at radius 3 is 2.64 bits per heavy atom. The Labute approximate surface area is 84.0 Å². The normalized spacial score (nSPS) is 12.8. The summed E-state index contributed by atoms with van der Waals surface area (Å²) in [5.41, 5.74) is 0.880. The van der Waals surface area contributed by atoms with Crippen LogP contribution in [-0.4, -0.2) is 36.4 Å². The van der Waals surface area contributed by atoms with Crippen molar-refractivity contribution >= 4 is 6.29 Å². The van der Waals surface area contributed by atoms with Gasteiger partial charge in [0.1, 0.15) is 6.29 Å². The van der Waals surface area contributed by atoms with Crippen LogP contribution in [0.3, 0.4) is 0 Å². The monoisotopic (exact) mass is 193 g/mol. The second kappa shape index (κ2) is 5.52. The highest BCUT2D eigenvalue weighted by molar-refractivity contribution is 5.51. The van der Waals surface area contributed by atoms with Gasteiger partial charge in [-0.25, -0.2) is 0 Å². The number of carbonyl (C=O) groups is 1. The van der Waals surface area contributed by atoms with Gasteiger partial charge in [0, 0.05) is 6.54 Å². The summed E-state index contributed by atoms with van der Waals surface area (Å²) in [7, 11) is 1.81. The number of likely N-dealkylation sites (N-methyl/N-ethyl adjacent to an activating group) is 1. The van der Waals surface area contributed by atoms with Crippen molar-refractivity contribution in [2.24, 2.45) is 0 Å². The Bertz CT molecular complexity index is 274. The molecule has 0 fully saturated rings. The van der Waals surface area contributed by atoms with Crippen molar-refractivity contribution in [2.45, 2.75) is 6.10 Å². The van der Waals surface area contributed by atoms with Crippen molar-refractivity contribution in [1.29, 1.82) is 0 Å². The smallest absolute Gasteiger partial charge is 0.133 e. The lowest BCUT2D eigenvalue weighted by molar-refractivity contribution is -0.108. The molecule has 1 aromatic rings. The van der Waals surface area contributed by atoms with E-state index in [4.69, 9.17) is 0 Å². The highest BCUT2D eigenvalue weighted by atomic mass is 16.3. The molecule has 0 heterocycles. The first-order chi connectivity index (χ1) is 6.74. The molecule has 0 aliphatic carbocycles. The van der Waals surface area contributed by atoms with E-state index in [9.17, 15) is 9.90 Å². The zero-order valence-electron chi connectivity index (χ0n) is 8.26. The summed E-state index contributed by atoms with van der Waals surface area (Å²) >= 11 is 0. The highest BCUT2D eigenvalue weighted by Gasteiger charge is 2.09. The van der Waals surface area contributed by atoms with Crippen molar-refractivity contribution in [3.05, 3.63) is 35.9 Å². The van der Waals surface area contributed by atoms with Crippen LogP contribution in [0.25, 0.3) is 0 Å². The Kier molecular flexibility index (Phi) is 4.29. The number of hydrogen-bond acceptors (Lipinski definition) is 3. The van der Waals surface area contributed by atoms with Gasteiger partial charge in [-0.15, -0.1) is 0 Å². The number of rotatable bonds is 5. The number of aldehydes is 1. The van der Waals surface area contributed by atoms with E-state index in [1.54, 1.807) is 11.9 Å². The molecule has 1 unspecified atom stereocenters. The van der Waals surface area contributed by atoms with Gasteiger partial charge in [-0.1, -0.05) is 30.3 Å². The number of benzene rings is 1. The molecule has 14 heavy (non-hydrogen) atoms. The lowest BCUT2D eigenvalue weighted by atomic mass is 10.1. The average molecular weight is 193 g/mol. The number of hydrogen-bond donors (Lipinski definition) is 1. The van der Waals surface area contributed by atoms with Gasteiger partial charge < -0.3 is 9.90 Å². The minimum absolute atomic E-state index is 0.351. The first kappa shape index (κ1) is 10.9. The predicted molar refractivity (Wildman–Crippen MR) is 55.0 cm³/mol. The largest absolute Gasteiger partial charge is 0.387 e. The maximum absolute atomic E-state index is 10.2. The maximum Gasteiger partial charge on any atom is 0.133 e. The van der Waals surface area contributed by atoms with Gasteiger partial charge in [0.25, 0.3) is 0 Å². The summed E-state index contributed by atoms with van der Waals surface area (Å²) < 4.78 is 0. The fraction of sp³-hybridized carbons (Fsp3) is 0.364. The molecule has 0 saturated heterocycles. The second-order valence-corrected chi connectivity index (χ2v) is 3.31. The molecule has 0 amide bonds. The van der Waals surface area contributed by atoms with Crippen molar-refractivity contribution in [3.63, 3.8) is 0 Å². The molecule has 0 radical (unpaired) electrons. The van der Waals surface area contributed by atoms with Gasteiger partial charge in [-0.05, 0) is 12.6 Å². The van der Waals surface area contributed by atoms with Crippen molar-refractivity contribution in [3.8, 4) is 0 Å². The molecule has 0 aliphatic rings. The van der Waals surface area contributed by atoms with Crippen LogP contribution in [0, 0.1) is 0 Å². The van der Waals surface area contributed by atoms with Crippen LogP contribution in [0.4, 0.5) is 0 Å². The molecular weight excluding hydrogens is 178 g/mol. The van der Waals surface area contributed by atoms with E-state index < -0.39 is 6.10 Å². The van der Waals surface area contributed by atoms with Crippen LogP contribution in [0.1, 0.15) is 11.7 Å². The molecular formula is C11H15NO2. The van der Waals surface area contributed by atoms with Gasteiger partial charge in [-0.3, -0.25) is 4.90 Å². The van der Waals surface area contributed by atoms with Crippen molar-refractivity contribution in [1.82, 2.24) is 4.90 Å². The number of carbonyl (C=O) groups excluding carboxylic acids is 1. The van der Waals surface area contributed by atoms with Crippen molar-refractivity contribution in [2.75, 3.05) is 20.1 Å². The first-order valence-corrected chi connectivity index (χ1v) is 4.59. The molecule has 3 heteroatoms. The lowest BCUT2D eigenvalue weighted by Crippen LogP contribution is -2.26. The van der Waals surface area contributed by atoms with E-state index in [0.717, 1.165) is 11.8 Å². The fourth-order valence-corrected chi connectivity index (χ4v) is 1.28. The first-order valence-electron chi connectivity index (χ1n) is 4.59. The van der Waals surface area contributed by atoms with Crippen molar-refractivity contribution < 1.29 is 9.90 Å².